The van der Waals surface area contributed by atoms with Gasteiger partial charge in [-0.3, -0.25) is 4.79 Å². The van der Waals surface area contributed by atoms with Gasteiger partial charge in [-0.05, 0) is 19.1 Å². The average molecular weight is 208 g/mol. The number of carbonyl (C=O) groups is 1. The molecule has 0 aliphatic heterocycles. The third-order valence-corrected chi connectivity index (χ3v) is 3.18. The molecule has 1 amide bonds. The van der Waals surface area contributed by atoms with E-state index in [9.17, 15) is 4.79 Å². The van der Waals surface area contributed by atoms with Crippen LogP contribution in [0.3, 0.4) is 0 Å². The number of alkyl halides is 1. The van der Waals surface area contributed by atoms with Gasteiger partial charge in [-0.25, -0.2) is 0 Å². The number of hydrogen-bond donors (Lipinski definition) is 1. The molecule has 1 N–H and O–H groups in total. The minimum absolute atomic E-state index is 0.0348. The number of halogens is 1. The predicted octanol–water partition coefficient (Wildman–Crippen LogP) is 2.61. The van der Waals surface area contributed by atoms with Crippen LogP contribution >= 0.6 is 23.4 Å². The molecule has 0 radical (unpaired) electrons. The standard InChI is InChI=1S/C8H14ClNOS/c1-12-8(11)10-7-5-3-2-4-6(7)9/h6-7H,2-5H2,1H3,(H,10,11)/t6-,7+/m0/s1. The van der Waals surface area contributed by atoms with Crippen molar-refractivity contribution in [2.45, 2.75) is 37.1 Å². The summed E-state index contributed by atoms with van der Waals surface area (Å²) in [5.41, 5.74) is 0. The first kappa shape index (κ1) is 10.2. The van der Waals surface area contributed by atoms with E-state index in [-0.39, 0.29) is 16.7 Å². The van der Waals surface area contributed by atoms with Crippen LogP contribution in [-0.2, 0) is 0 Å². The lowest BCUT2D eigenvalue weighted by atomic mass is 9.95. The second kappa shape index (κ2) is 4.97. The fourth-order valence-corrected chi connectivity index (χ4v) is 2.07. The first-order valence-electron chi connectivity index (χ1n) is 4.22. The Hall–Kier alpha value is 0.110. The summed E-state index contributed by atoms with van der Waals surface area (Å²) in [5, 5.41) is 3.08. The van der Waals surface area contributed by atoms with Crippen LogP contribution in [0.2, 0.25) is 0 Å². The second-order valence-corrected chi connectivity index (χ2v) is 4.38. The summed E-state index contributed by atoms with van der Waals surface area (Å²) in [7, 11) is 0. The molecule has 4 heteroatoms. The van der Waals surface area contributed by atoms with Gasteiger partial charge in [-0.2, -0.15) is 0 Å². The largest absolute Gasteiger partial charge is 0.343 e. The smallest absolute Gasteiger partial charge is 0.279 e. The van der Waals surface area contributed by atoms with Gasteiger partial charge in [0.25, 0.3) is 5.24 Å². The van der Waals surface area contributed by atoms with Gasteiger partial charge in [0.1, 0.15) is 0 Å². The monoisotopic (exact) mass is 207 g/mol. The van der Waals surface area contributed by atoms with Crippen molar-refractivity contribution >= 4 is 28.6 Å². The number of carbonyl (C=O) groups excluding carboxylic acids is 1. The highest BCUT2D eigenvalue weighted by atomic mass is 35.5. The van der Waals surface area contributed by atoms with Crippen molar-refractivity contribution in [2.24, 2.45) is 0 Å². The Labute approximate surface area is 82.4 Å². The molecule has 1 aliphatic carbocycles. The van der Waals surface area contributed by atoms with E-state index in [0.717, 1.165) is 12.8 Å². The topological polar surface area (TPSA) is 29.1 Å². The van der Waals surface area contributed by atoms with Crippen LogP contribution in [0.5, 0.6) is 0 Å². The van der Waals surface area contributed by atoms with Crippen LogP contribution in [0.15, 0.2) is 0 Å². The molecule has 0 spiro atoms. The molecule has 1 saturated carbocycles. The van der Waals surface area contributed by atoms with Gasteiger partial charge in [0, 0.05) is 6.04 Å². The molecule has 70 valence electrons. The van der Waals surface area contributed by atoms with E-state index in [0.29, 0.717) is 0 Å². The van der Waals surface area contributed by atoms with Gasteiger partial charge in [-0.1, -0.05) is 24.6 Å². The van der Waals surface area contributed by atoms with Gasteiger partial charge in [0.05, 0.1) is 5.38 Å². The summed E-state index contributed by atoms with van der Waals surface area (Å²) in [6.45, 7) is 0. The molecular formula is C8H14ClNOS. The summed E-state index contributed by atoms with van der Waals surface area (Å²) < 4.78 is 0. The molecule has 1 rings (SSSR count). The molecule has 0 unspecified atom stereocenters. The number of rotatable bonds is 1. The van der Waals surface area contributed by atoms with Crippen LogP contribution in [0.4, 0.5) is 4.79 Å². The van der Waals surface area contributed by atoms with Gasteiger partial charge in [-0.15, -0.1) is 11.6 Å². The molecule has 0 aromatic rings. The van der Waals surface area contributed by atoms with E-state index in [2.05, 4.69) is 5.32 Å². The Kier molecular flexibility index (Phi) is 4.22. The van der Waals surface area contributed by atoms with Gasteiger partial charge in [0.2, 0.25) is 0 Å². The third-order valence-electron chi connectivity index (χ3n) is 2.17. The first-order valence-corrected chi connectivity index (χ1v) is 5.88. The van der Waals surface area contributed by atoms with Crippen molar-refractivity contribution in [1.29, 1.82) is 0 Å². The number of nitrogens with one attached hydrogen (secondary N) is 1. The van der Waals surface area contributed by atoms with Gasteiger partial charge < -0.3 is 5.32 Å². The van der Waals surface area contributed by atoms with E-state index >= 15 is 0 Å². The lowest BCUT2D eigenvalue weighted by Gasteiger charge is -2.27. The molecule has 2 nitrogen and oxygen atoms in total. The zero-order valence-corrected chi connectivity index (χ0v) is 8.75. The van der Waals surface area contributed by atoms with E-state index in [1.165, 1.54) is 24.6 Å². The number of hydrogen-bond acceptors (Lipinski definition) is 2. The number of thioether (sulfide) groups is 1. The Bertz CT molecular complexity index is 165. The Balaban J connectivity index is 2.33. The van der Waals surface area contributed by atoms with Crippen LogP contribution < -0.4 is 5.32 Å². The summed E-state index contributed by atoms with van der Waals surface area (Å²) in [5.74, 6) is 0. The van der Waals surface area contributed by atoms with E-state index in [4.69, 9.17) is 11.6 Å². The Morgan fingerprint density at radius 1 is 1.50 bits per heavy atom. The second-order valence-electron chi connectivity index (χ2n) is 3.04. The van der Waals surface area contributed by atoms with Crippen molar-refractivity contribution < 1.29 is 4.79 Å². The maximum absolute atomic E-state index is 11.0. The van der Waals surface area contributed by atoms with Crippen LogP contribution in [0.25, 0.3) is 0 Å². The predicted molar refractivity (Wildman–Crippen MR) is 53.9 cm³/mol. The molecule has 0 saturated heterocycles. The van der Waals surface area contributed by atoms with Crippen LogP contribution in [-0.4, -0.2) is 22.9 Å². The van der Waals surface area contributed by atoms with Crippen molar-refractivity contribution in [3.05, 3.63) is 0 Å². The zero-order valence-electron chi connectivity index (χ0n) is 7.18. The van der Waals surface area contributed by atoms with Crippen molar-refractivity contribution in [1.82, 2.24) is 5.32 Å². The minimum Gasteiger partial charge on any atom is -0.343 e. The van der Waals surface area contributed by atoms with Gasteiger partial charge in [0.15, 0.2) is 0 Å². The fraction of sp³-hybridized carbons (Fsp3) is 0.875. The highest BCUT2D eigenvalue weighted by Crippen LogP contribution is 2.23. The van der Waals surface area contributed by atoms with Gasteiger partial charge >= 0.3 is 0 Å². The third kappa shape index (κ3) is 2.87. The van der Waals surface area contributed by atoms with Crippen molar-refractivity contribution in [3.8, 4) is 0 Å². The molecular weight excluding hydrogens is 194 g/mol. The van der Waals surface area contributed by atoms with Crippen molar-refractivity contribution in [3.63, 3.8) is 0 Å². The highest BCUT2D eigenvalue weighted by Gasteiger charge is 2.23. The molecule has 1 aliphatic rings. The number of amides is 1. The Morgan fingerprint density at radius 3 is 2.75 bits per heavy atom. The van der Waals surface area contributed by atoms with Crippen LogP contribution in [0.1, 0.15) is 25.7 Å². The van der Waals surface area contributed by atoms with Crippen LogP contribution in [0, 0.1) is 0 Å². The summed E-state index contributed by atoms with van der Waals surface area (Å²) in [4.78, 5) is 11.0. The molecule has 12 heavy (non-hydrogen) atoms. The minimum atomic E-state index is 0.0348. The quantitative estimate of drug-likeness (QED) is 0.670. The molecule has 0 aromatic carbocycles. The Morgan fingerprint density at radius 2 is 2.17 bits per heavy atom. The molecule has 0 aromatic heterocycles. The SMILES string of the molecule is CSC(=O)N[C@@H]1CCCC[C@@H]1Cl. The zero-order chi connectivity index (χ0) is 8.97. The molecule has 0 bridgehead atoms. The summed E-state index contributed by atoms with van der Waals surface area (Å²) >= 11 is 7.27. The average Bonchev–Trinajstić information content (AvgIpc) is 2.09. The first-order chi connectivity index (χ1) is 5.74. The van der Waals surface area contributed by atoms with E-state index in [1.54, 1.807) is 6.26 Å². The molecule has 1 fully saturated rings. The van der Waals surface area contributed by atoms with E-state index < -0.39 is 0 Å². The lowest BCUT2D eigenvalue weighted by molar-refractivity contribution is 0.253. The van der Waals surface area contributed by atoms with Crippen molar-refractivity contribution in [2.75, 3.05) is 6.26 Å². The van der Waals surface area contributed by atoms with E-state index in [1.807, 2.05) is 0 Å². The normalized spacial score (nSPS) is 29.8. The maximum atomic E-state index is 11.0. The summed E-state index contributed by atoms with van der Waals surface area (Å²) in [6.07, 6.45) is 6.21. The summed E-state index contributed by atoms with van der Waals surface area (Å²) in [6, 6.07) is 0.195. The molecule has 2 atom stereocenters. The maximum Gasteiger partial charge on any atom is 0.279 e. The highest BCUT2D eigenvalue weighted by molar-refractivity contribution is 8.12. The molecule has 0 heterocycles. The fourth-order valence-electron chi connectivity index (χ4n) is 1.46. The lowest BCUT2D eigenvalue weighted by Crippen LogP contribution is -2.41.